The number of alkyl carbamates (subject to hydrolysis) is 1. The van der Waals surface area contributed by atoms with Crippen molar-refractivity contribution in [2.24, 2.45) is 11.3 Å². The van der Waals surface area contributed by atoms with Crippen LogP contribution in [0.5, 0.6) is 0 Å². The Morgan fingerprint density at radius 2 is 1.77 bits per heavy atom. The first kappa shape index (κ1) is 42.3. The molecular weight excluding hydrogens is 750 g/mol. The topological polar surface area (TPSA) is 198 Å². The Hall–Kier alpha value is -4.80. The predicted molar refractivity (Wildman–Crippen MR) is 201 cm³/mol. The van der Waals surface area contributed by atoms with Gasteiger partial charge in [-0.25, -0.2) is 22.4 Å². The molecule has 0 aromatic heterocycles. The maximum atomic E-state index is 14.5. The third-order valence-electron chi connectivity index (χ3n) is 9.99. The Kier molecular flexibility index (Phi) is 12.1. The van der Waals surface area contributed by atoms with E-state index in [0.717, 1.165) is 4.90 Å². The van der Waals surface area contributed by atoms with Crippen LogP contribution in [0.3, 0.4) is 0 Å². The summed E-state index contributed by atoms with van der Waals surface area (Å²) in [6.07, 6.45) is 2.01. The van der Waals surface area contributed by atoms with Crippen molar-refractivity contribution in [3.8, 4) is 0 Å². The Bertz CT molecular complexity index is 1920. The van der Waals surface area contributed by atoms with Crippen LogP contribution in [0.25, 0.3) is 0 Å². The Morgan fingerprint density at radius 1 is 1.07 bits per heavy atom. The number of sulfonamides is 1. The SMILES string of the molecule is C=CC1CC1(NC(=O)[C@@H]1C[C@@H](OC(=O)N2Cc3cccc(F)c3C2)CN1C(=O)[C@H](CCC(=O)/C=C\C(C)(C)C)NC(=O)OC(C)(C)C)C(=O)NS(=O)(=O)C1CC1. The monoisotopic (exact) mass is 801 g/mol. The summed E-state index contributed by atoms with van der Waals surface area (Å²) in [5.41, 5.74) is -1.95. The lowest BCUT2D eigenvalue weighted by Gasteiger charge is -2.30. The number of ether oxygens (including phenoxy) is 2. The van der Waals surface area contributed by atoms with Crippen LogP contribution in [0.4, 0.5) is 14.0 Å². The highest BCUT2D eigenvalue weighted by Crippen LogP contribution is 2.45. The number of fused-ring (bicyclic) bond motifs is 1. The molecule has 5 amide bonds. The molecule has 0 spiro atoms. The molecule has 3 N–H and O–H groups in total. The van der Waals surface area contributed by atoms with Crippen molar-refractivity contribution in [2.45, 2.75) is 128 Å². The Morgan fingerprint density at radius 3 is 2.36 bits per heavy atom. The number of nitrogens with zero attached hydrogens (tertiary/aromatic N) is 2. The summed E-state index contributed by atoms with van der Waals surface area (Å²) >= 11 is 0. The summed E-state index contributed by atoms with van der Waals surface area (Å²) in [5.74, 6) is -3.96. The van der Waals surface area contributed by atoms with Gasteiger partial charge in [-0.2, -0.15) is 0 Å². The maximum Gasteiger partial charge on any atom is 0.410 e. The first-order valence-electron chi connectivity index (χ1n) is 18.8. The fourth-order valence-electron chi connectivity index (χ4n) is 6.74. The third-order valence-corrected chi connectivity index (χ3v) is 11.8. The van der Waals surface area contributed by atoms with Crippen LogP contribution in [0.1, 0.15) is 91.2 Å². The van der Waals surface area contributed by atoms with Gasteiger partial charge in [0, 0.05) is 30.9 Å². The van der Waals surface area contributed by atoms with Crippen LogP contribution in [0.15, 0.2) is 43.0 Å². The normalized spacial score (nSPS) is 23.9. The van der Waals surface area contributed by atoms with E-state index in [1.807, 2.05) is 20.8 Å². The van der Waals surface area contributed by atoms with Gasteiger partial charge in [0.25, 0.3) is 5.91 Å². The van der Waals surface area contributed by atoms with Crippen LogP contribution < -0.4 is 15.4 Å². The third kappa shape index (κ3) is 10.3. The minimum Gasteiger partial charge on any atom is -0.444 e. The molecule has 1 saturated heterocycles. The number of halogens is 1. The largest absolute Gasteiger partial charge is 0.444 e. The van der Waals surface area contributed by atoms with Crippen LogP contribution in [-0.2, 0) is 51.8 Å². The molecule has 0 bridgehead atoms. The van der Waals surface area contributed by atoms with Gasteiger partial charge in [0.05, 0.1) is 18.3 Å². The highest BCUT2D eigenvalue weighted by atomic mass is 32.2. The molecule has 0 radical (unpaired) electrons. The average Bonchev–Trinajstić information content (AvgIpc) is 3.98. The van der Waals surface area contributed by atoms with Crippen molar-refractivity contribution in [3.05, 3.63) is 60.0 Å². The molecule has 17 heteroatoms. The van der Waals surface area contributed by atoms with E-state index in [0.29, 0.717) is 24.0 Å². The molecule has 56 heavy (non-hydrogen) atoms. The van der Waals surface area contributed by atoms with E-state index in [2.05, 4.69) is 21.9 Å². The molecule has 5 atom stereocenters. The van der Waals surface area contributed by atoms with Crippen molar-refractivity contribution in [3.63, 3.8) is 0 Å². The molecule has 306 valence electrons. The van der Waals surface area contributed by atoms with Gasteiger partial charge in [-0.15, -0.1) is 6.58 Å². The first-order valence-corrected chi connectivity index (χ1v) is 20.3. The van der Waals surface area contributed by atoms with Crippen molar-refractivity contribution >= 4 is 45.7 Å². The van der Waals surface area contributed by atoms with Gasteiger partial charge in [-0.1, -0.05) is 45.1 Å². The lowest BCUT2D eigenvalue weighted by Crippen LogP contribution is -2.58. The van der Waals surface area contributed by atoms with E-state index in [4.69, 9.17) is 9.47 Å². The molecule has 1 aromatic carbocycles. The zero-order chi connectivity index (χ0) is 41.4. The van der Waals surface area contributed by atoms with Gasteiger partial charge in [0.1, 0.15) is 35.1 Å². The molecule has 2 aliphatic heterocycles. The number of carbonyl (C=O) groups excluding carboxylic acids is 6. The van der Waals surface area contributed by atoms with Crippen molar-refractivity contribution in [1.82, 2.24) is 25.2 Å². The van der Waals surface area contributed by atoms with E-state index in [9.17, 15) is 41.6 Å². The number of carbonyl (C=O) groups is 6. The Balaban J connectivity index is 1.39. The van der Waals surface area contributed by atoms with Gasteiger partial charge in [0.15, 0.2) is 5.78 Å². The summed E-state index contributed by atoms with van der Waals surface area (Å²) in [7, 11) is -3.97. The van der Waals surface area contributed by atoms with Crippen molar-refractivity contribution < 1.29 is 51.0 Å². The number of allylic oxidation sites excluding steroid dienone is 2. The smallest absolute Gasteiger partial charge is 0.410 e. The summed E-state index contributed by atoms with van der Waals surface area (Å²) in [4.78, 5) is 83.8. The summed E-state index contributed by atoms with van der Waals surface area (Å²) < 4.78 is 53.1. The molecule has 4 aliphatic rings. The van der Waals surface area contributed by atoms with Crippen molar-refractivity contribution in [2.75, 3.05) is 6.54 Å². The summed E-state index contributed by atoms with van der Waals surface area (Å²) in [5, 5.41) is 4.50. The first-order chi connectivity index (χ1) is 26.0. The predicted octanol–water partition coefficient (Wildman–Crippen LogP) is 3.76. The fourth-order valence-corrected chi connectivity index (χ4v) is 8.11. The molecule has 2 aliphatic carbocycles. The number of ketones is 1. The molecule has 5 rings (SSSR count). The second kappa shape index (κ2) is 16.0. The number of benzene rings is 1. The molecule has 15 nitrogen and oxygen atoms in total. The quantitative estimate of drug-likeness (QED) is 0.195. The average molecular weight is 802 g/mol. The molecule has 2 unspecified atom stereocenters. The standard InChI is InChI=1S/C39H52FN5O10S/c1-8-24-19-39(24,34(49)43-56(52,53)27-13-14-27)42-32(47)31-18-26(54-36(51)44-20-23-10-9-11-29(40)28(23)22-44)21-45(31)33(48)30(41-35(50)55-38(5,6)7)15-12-25(46)16-17-37(2,3)4/h8-11,16-17,24,26-27,30-31H,1,12-15,18-22H2,2-7H3,(H,41,50)(H,42,47)(H,43,49)/b17-16-/t24?,26-,30+,31+,39?/m1/s1. The van der Waals surface area contributed by atoms with E-state index in [-0.39, 0.29) is 56.5 Å². The molecule has 1 aromatic rings. The van der Waals surface area contributed by atoms with E-state index in [1.165, 1.54) is 29.2 Å². The Labute approximate surface area is 326 Å². The van der Waals surface area contributed by atoms with Crippen LogP contribution in [-0.4, -0.2) is 95.0 Å². The van der Waals surface area contributed by atoms with Gasteiger partial charge in [0.2, 0.25) is 21.8 Å². The second-order valence-corrected chi connectivity index (χ2v) is 19.0. The van der Waals surface area contributed by atoms with Gasteiger partial charge in [-0.3, -0.25) is 28.8 Å². The number of hydrogen-bond donors (Lipinski definition) is 3. The van der Waals surface area contributed by atoms with Gasteiger partial charge >= 0.3 is 12.2 Å². The number of amides is 5. The minimum atomic E-state index is -3.97. The zero-order valence-corrected chi connectivity index (χ0v) is 33.5. The van der Waals surface area contributed by atoms with Crippen LogP contribution >= 0.6 is 0 Å². The maximum absolute atomic E-state index is 14.5. The highest BCUT2D eigenvalue weighted by molar-refractivity contribution is 7.91. The summed E-state index contributed by atoms with van der Waals surface area (Å²) in [6, 6.07) is 1.77. The molecule has 2 saturated carbocycles. The number of likely N-dealkylation sites (tertiary alicyclic amines) is 1. The van der Waals surface area contributed by atoms with Crippen LogP contribution in [0.2, 0.25) is 0 Å². The molecule has 2 heterocycles. The fraction of sp³-hybridized carbons (Fsp3) is 0.590. The lowest BCUT2D eigenvalue weighted by atomic mass is 9.95. The van der Waals surface area contributed by atoms with E-state index in [1.54, 1.807) is 32.9 Å². The second-order valence-electron chi connectivity index (χ2n) is 17.1. The molecular formula is C39H52FN5O10S. The highest BCUT2D eigenvalue weighted by Gasteiger charge is 2.62. The minimum absolute atomic E-state index is 0.0481. The lowest BCUT2D eigenvalue weighted by molar-refractivity contribution is -0.141. The van der Waals surface area contributed by atoms with Gasteiger partial charge in [-0.05, 0) is 69.6 Å². The van der Waals surface area contributed by atoms with Crippen LogP contribution in [0, 0.1) is 17.2 Å². The molecule has 3 fully saturated rings. The van der Waals surface area contributed by atoms with E-state index >= 15 is 0 Å². The van der Waals surface area contributed by atoms with Crippen molar-refractivity contribution in [1.29, 1.82) is 0 Å². The summed E-state index contributed by atoms with van der Waals surface area (Å²) in [6.45, 7) is 14.1. The number of nitrogens with one attached hydrogen (secondary N) is 3. The zero-order valence-electron chi connectivity index (χ0n) is 32.7. The number of rotatable bonds is 13. The van der Waals surface area contributed by atoms with E-state index < -0.39 is 86.2 Å². The van der Waals surface area contributed by atoms with Gasteiger partial charge < -0.3 is 25.0 Å². The number of hydrogen-bond acceptors (Lipinski definition) is 10.